The highest BCUT2D eigenvalue weighted by molar-refractivity contribution is 5.95. The Morgan fingerprint density at radius 3 is 2.33 bits per heavy atom. The van der Waals surface area contributed by atoms with E-state index < -0.39 is 0 Å². The first-order valence-electron chi connectivity index (χ1n) is 11.7. The molecule has 0 aliphatic carbocycles. The van der Waals surface area contributed by atoms with Gasteiger partial charge in [-0.15, -0.1) is 0 Å². The smallest absolute Gasteiger partial charge is 0.262 e. The third-order valence-electron chi connectivity index (χ3n) is 5.93. The highest BCUT2D eigenvalue weighted by Gasteiger charge is 2.28. The summed E-state index contributed by atoms with van der Waals surface area (Å²) in [5.74, 6) is 0.557. The average molecular weight is 489 g/mol. The Kier molecular flexibility index (Phi) is 8.12. The van der Waals surface area contributed by atoms with Gasteiger partial charge in [-0.25, -0.2) is 0 Å². The number of nitrogens with zero attached hydrogens (tertiary/aromatic N) is 2. The predicted octanol–water partition coefficient (Wildman–Crippen LogP) is 3.60. The second kappa shape index (κ2) is 11.8. The van der Waals surface area contributed by atoms with Crippen molar-refractivity contribution in [2.45, 2.75) is 12.8 Å². The minimum Gasteiger partial charge on any atom is -0.497 e. The number of piperidine rings is 1. The quantitative estimate of drug-likeness (QED) is 0.501. The maximum absolute atomic E-state index is 12.9. The molecule has 2 N–H and O–H groups in total. The molecule has 9 nitrogen and oxygen atoms in total. The van der Waals surface area contributed by atoms with Crippen molar-refractivity contribution in [1.82, 2.24) is 9.88 Å². The highest BCUT2D eigenvalue weighted by Crippen LogP contribution is 2.22. The van der Waals surface area contributed by atoms with E-state index in [9.17, 15) is 14.4 Å². The van der Waals surface area contributed by atoms with E-state index in [2.05, 4.69) is 15.6 Å². The molecule has 2 aromatic carbocycles. The summed E-state index contributed by atoms with van der Waals surface area (Å²) in [4.78, 5) is 43.3. The summed E-state index contributed by atoms with van der Waals surface area (Å²) in [6.07, 6.45) is 4.47. The maximum Gasteiger partial charge on any atom is 0.262 e. The third kappa shape index (κ3) is 6.59. The number of nitrogens with one attached hydrogen (secondary N) is 2. The Bertz CT molecular complexity index is 1190. The average Bonchev–Trinajstić information content (AvgIpc) is 2.92. The summed E-state index contributed by atoms with van der Waals surface area (Å²) in [5, 5.41) is 5.65. The Labute approximate surface area is 209 Å². The number of methoxy groups -OCH3 is 1. The van der Waals surface area contributed by atoms with Crippen LogP contribution < -0.4 is 20.1 Å². The molecule has 3 aromatic rings. The number of pyridine rings is 1. The summed E-state index contributed by atoms with van der Waals surface area (Å²) >= 11 is 0. The van der Waals surface area contributed by atoms with Crippen molar-refractivity contribution >= 4 is 29.1 Å². The number of ether oxygens (including phenoxy) is 2. The number of rotatable bonds is 8. The summed E-state index contributed by atoms with van der Waals surface area (Å²) < 4.78 is 10.7. The molecule has 1 aliphatic rings. The van der Waals surface area contributed by atoms with Gasteiger partial charge in [0.1, 0.15) is 11.5 Å². The van der Waals surface area contributed by atoms with E-state index >= 15 is 0 Å². The van der Waals surface area contributed by atoms with E-state index in [1.165, 1.54) is 0 Å². The summed E-state index contributed by atoms with van der Waals surface area (Å²) in [6.45, 7) is 0.853. The highest BCUT2D eigenvalue weighted by atomic mass is 16.5. The lowest BCUT2D eigenvalue weighted by Crippen LogP contribution is -2.41. The molecule has 1 fully saturated rings. The van der Waals surface area contributed by atoms with Crippen LogP contribution >= 0.6 is 0 Å². The van der Waals surface area contributed by atoms with Crippen LogP contribution in [0.1, 0.15) is 23.2 Å². The van der Waals surface area contributed by atoms with E-state index in [1.54, 1.807) is 85.1 Å². The number of likely N-dealkylation sites (tertiary alicyclic amines) is 1. The number of carbonyl (C=O) groups excluding carboxylic acids is 3. The molecular formula is C27H28N4O5. The van der Waals surface area contributed by atoms with Gasteiger partial charge in [-0.2, -0.15) is 0 Å². The van der Waals surface area contributed by atoms with Gasteiger partial charge >= 0.3 is 0 Å². The first-order chi connectivity index (χ1) is 17.5. The Morgan fingerprint density at radius 2 is 1.64 bits per heavy atom. The standard InChI is InChI=1S/C27H28N4O5/c1-35-24-4-2-3-22(17-24)29-25(32)18-36-23-7-5-20(6-8-23)27(34)31-15-11-19(12-16-31)26(33)30-21-9-13-28-14-10-21/h2-10,13-14,17,19H,11-12,15-16,18H2,1H3,(H,29,32)(H,28,30,33). The van der Waals surface area contributed by atoms with Crippen LogP contribution in [0.2, 0.25) is 0 Å². The zero-order valence-electron chi connectivity index (χ0n) is 20.0. The van der Waals surface area contributed by atoms with Crippen molar-refractivity contribution in [3.63, 3.8) is 0 Å². The largest absolute Gasteiger partial charge is 0.497 e. The second-order valence-electron chi connectivity index (χ2n) is 8.38. The number of anilines is 2. The number of benzene rings is 2. The number of aromatic nitrogens is 1. The first-order valence-corrected chi connectivity index (χ1v) is 11.7. The van der Waals surface area contributed by atoms with Crippen molar-refractivity contribution in [3.8, 4) is 11.5 Å². The normalized spacial score (nSPS) is 13.5. The van der Waals surface area contributed by atoms with Crippen LogP contribution in [0.5, 0.6) is 11.5 Å². The Hall–Kier alpha value is -4.40. The maximum atomic E-state index is 12.9. The fraction of sp³-hybridized carbons (Fsp3) is 0.259. The lowest BCUT2D eigenvalue weighted by molar-refractivity contribution is -0.121. The monoisotopic (exact) mass is 488 g/mol. The van der Waals surface area contributed by atoms with Gasteiger partial charge in [-0.1, -0.05) is 6.07 Å². The lowest BCUT2D eigenvalue weighted by Gasteiger charge is -2.31. The van der Waals surface area contributed by atoms with Crippen LogP contribution in [0, 0.1) is 5.92 Å². The lowest BCUT2D eigenvalue weighted by atomic mass is 9.95. The number of hydrogen-bond acceptors (Lipinski definition) is 6. The van der Waals surface area contributed by atoms with Gasteiger partial charge in [0.05, 0.1) is 7.11 Å². The molecule has 1 aromatic heterocycles. The van der Waals surface area contributed by atoms with Crippen molar-refractivity contribution in [2.75, 3.05) is 37.4 Å². The molecule has 2 heterocycles. The van der Waals surface area contributed by atoms with Gasteiger partial charge in [0, 0.05) is 54.4 Å². The van der Waals surface area contributed by atoms with E-state index in [4.69, 9.17) is 9.47 Å². The first kappa shape index (κ1) is 24.7. The molecule has 36 heavy (non-hydrogen) atoms. The summed E-state index contributed by atoms with van der Waals surface area (Å²) in [5.41, 5.74) is 1.86. The van der Waals surface area contributed by atoms with Crippen molar-refractivity contribution in [2.24, 2.45) is 5.92 Å². The van der Waals surface area contributed by atoms with Gasteiger partial charge in [0.15, 0.2) is 6.61 Å². The molecule has 0 atom stereocenters. The predicted molar refractivity (Wildman–Crippen MR) is 135 cm³/mol. The Balaban J connectivity index is 1.22. The van der Waals surface area contributed by atoms with Crippen LogP contribution in [0.25, 0.3) is 0 Å². The summed E-state index contributed by atoms with van der Waals surface area (Å²) in [6, 6.07) is 17.2. The molecule has 0 bridgehead atoms. The van der Waals surface area contributed by atoms with Crippen LogP contribution in [0.4, 0.5) is 11.4 Å². The zero-order chi connectivity index (χ0) is 25.3. The van der Waals surface area contributed by atoms with E-state index in [1.807, 2.05) is 0 Å². The van der Waals surface area contributed by atoms with Crippen LogP contribution in [0.3, 0.4) is 0 Å². The fourth-order valence-corrected chi connectivity index (χ4v) is 3.95. The number of carbonyl (C=O) groups is 3. The van der Waals surface area contributed by atoms with Crippen LogP contribution in [-0.4, -0.2) is 54.4 Å². The molecule has 3 amide bonds. The van der Waals surface area contributed by atoms with Crippen molar-refractivity contribution < 1.29 is 23.9 Å². The second-order valence-corrected chi connectivity index (χ2v) is 8.38. The molecule has 0 spiro atoms. The molecule has 0 saturated carbocycles. The molecule has 0 radical (unpaired) electrons. The van der Waals surface area contributed by atoms with E-state index in [0.29, 0.717) is 54.4 Å². The van der Waals surface area contributed by atoms with Gasteiger partial charge in [0.25, 0.3) is 11.8 Å². The summed E-state index contributed by atoms with van der Waals surface area (Å²) in [7, 11) is 1.56. The van der Waals surface area contributed by atoms with E-state index in [0.717, 1.165) is 0 Å². The van der Waals surface area contributed by atoms with Crippen molar-refractivity contribution in [1.29, 1.82) is 0 Å². The minimum absolute atomic E-state index is 0.0368. The molecule has 1 aliphatic heterocycles. The molecule has 1 saturated heterocycles. The molecular weight excluding hydrogens is 460 g/mol. The minimum atomic E-state index is -0.306. The third-order valence-corrected chi connectivity index (χ3v) is 5.93. The zero-order valence-corrected chi connectivity index (χ0v) is 20.0. The molecule has 0 unspecified atom stereocenters. The van der Waals surface area contributed by atoms with Gasteiger partial charge in [0.2, 0.25) is 5.91 Å². The van der Waals surface area contributed by atoms with Gasteiger partial charge in [-0.05, 0) is 61.4 Å². The topological polar surface area (TPSA) is 110 Å². The SMILES string of the molecule is COc1cccc(NC(=O)COc2ccc(C(=O)N3CCC(C(=O)Nc4ccncc4)CC3)cc2)c1. The van der Waals surface area contributed by atoms with E-state index in [-0.39, 0.29) is 30.2 Å². The van der Waals surface area contributed by atoms with Crippen LogP contribution in [-0.2, 0) is 9.59 Å². The molecule has 186 valence electrons. The number of amides is 3. The van der Waals surface area contributed by atoms with Crippen molar-refractivity contribution in [3.05, 3.63) is 78.6 Å². The molecule has 9 heteroatoms. The molecule has 4 rings (SSSR count). The number of hydrogen-bond donors (Lipinski definition) is 2. The fourth-order valence-electron chi connectivity index (χ4n) is 3.95. The van der Waals surface area contributed by atoms with Crippen LogP contribution in [0.15, 0.2) is 73.1 Å². The van der Waals surface area contributed by atoms with Gasteiger partial charge in [-0.3, -0.25) is 19.4 Å². The Morgan fingerprint density at radius 1 is 0.917 bits per heavy atom. The van der Waals surface area contributed by atoms with Gasteiger partial charge < -0.3 is 25.0 Å².